The van der Waals surface area contributed by atoms with Gasteiger partial charge in [-0.15, -0.1) is 38.0 Å². The minimum Gasteiger partial charge on any atom is -0.489 e. The summed E-state index contributed by atoms with van der Waals surface area (Å²) < 4.78 is 53.2. The topological polar surface area (TPSA) is 123 Å². The van der Waals surface area contributed by atoms with E-state index in [-0.39, 0.29) is 49.0 Å². The van der Waals surface area contributed by atoms with Gasteiger partial charge in [-0.3, -0.25) is 9.69 Å². The lowest BCUT2D eigenvalue weighted by Gasteiger charge is -2.37. The van der Waals surface area contributed by atoms with Crippen molar-refractivity contribution in [1.82, 2.24) is 14.9 Å². The van der Waals surface area contributed by atoms with Crippen LogP contribution in [0.15, 0.2) is 42.5 Å². The molecule has 1 saturated carbocycles. The molecule has 0 bridgehead atoms. The summed E-state index contributed by atoms with van der Waals surface area (Å²) in [4.78, 5) is 25.2. The highest BCUT2D eigenvalue weighted by molar-refractivity contribution is 5.85. The number of aliphatic carboxylic acids is 1. The van der Waals surface area contributed by atoms with Gasteiger partial charge in [-0.2, -0.15) is 4.98 Å². The highest BCUT2D eigenvalue weighted by atomic mass is 35.5. The van der Waals surface area contributed by atoms with Gasteiger partial charge in [-0.1, -0.05) is 12.1 Å². The molecule has 49 heavy (non-hydrogen) atoms. The molecule has 0 radical (unpaired) electrons. The molecule has 2 aromatic carbocycles. The number of fused-ring (bicyclic) bond motifs is 3. The van der Waals surface area contributed by atoms with Crippen LogP contribution in [-0.2, 0) is 29.0 Å². The van der Waals surface area contributed by atoms with Gasteiger partial charge in [0.25, 0.3) is 0 Å². The number of nitrogens with two attached hydrogens (primary N) is 1. The molecule has 268 valence electrons. The number of nitrogen functional groups attached to an aromatic ring is 1. The molecule has 2 fully saturated rings. The van der Waals surface area contributed by atoms with Crippen LogP contribution in [0.25, 0.3) is 11.3 Å². The van der Waals surface area contributed by atoms with Gasteiger partial charge in [0.15, 0.2) is 0 Å². The van der Waals surface area contributed by atoms with Crippen LogP contribution in [0.3, 0.4) is 0 Å². The maximum atomic E-state index is 12.4. The number of piperazine rings is 1. The summed E-state index contributed by atoms with van der Waals surface area (Å²) in [5.41, 5.74) is 11.0. The van der Waals surface area contributed by atoms with Gasteiger partial charge in [0.05, 0.1) is 18.2 Å². The van der Waals surface area contributed by atoms with Crippen molar-refractivity contribution < 1.29 is 37.3 Å². The van der Waals surface area contributed by atoms with Crippen molar-refractivity contribution in [2.75, 3.05) is 56.6 Å². The van der Waals surface area contributed by atoms with Gasteiger partial charge >= 0.3 is 12.3 Å². The van der Waals surface area contributed by atoms with Gasteiger partial charge in [-0.25, -0.2) is 4.98 Å². The Morgan fingerprint density at radius 3 is 2.31 bits per heavy atom. The Morgan fingerprint density at radius 1 is 0.939 bits per heavy atom. The minimum absolute atomic E-state index is 0. The average Bonchev–Trinajstić information content (AvgIpc) is 3.05. The molecule has 1 aliphatic heterocycles. The van der Waals surface area contributed by atoms with Crippen LogP contribution < -0.4 is 20.1 Å². The molecule has 3 aromatic rings. The molecular formula is C34H42Cl2F3N5O5. The molecule has 0 atom stereocenters. The number of nitrogens with zero attached hydrogens (tertiary/aromatic N) is 4. The largest absolute Gasteiger partial charge is 0.573 e. The monoisotopic (exact) mass is 727 g/mol. The number of halogens is 5. The third kappa shape index (κ3) is 10.0. The van der Waals surface area contributed by atoms with Crippen LogP contribution >= 0.6 is 24.8 Å². The van der Waals surface area contributed by atoms with Crippen LogP contribution in [0, 0.1) is 11.8 Å². The number of ether oxygens (including phenoxy) is 3. The van der Waals surface area contributed by atoms with Gasteiger partial charge in [0.1, 0.15) is 23.9 Å². The summed E-state index contributed by atoms with van der Waals surface area (Å²) >= 11 is 0. The first-order valence-electron chi connectivity index (χ1n) is 16.2. The minimum atomic E-state index is -4.73. The quantitative estimate of drug-likeness (QED) is 0.222. The SMILES string of the molecule is Cl.Cl.Nc1nc2c(c(N3CCN(CCOC[C@H]4CC[C@@H](C(=O)O)CC4)CC3)n1)CCc1cc(OCc3ccc(OC(F)(F)F)cc3)ccc1-2. The molecule has 1 saturated heterocycles. The molecule has 0 amide bonds. The Kier molecular flexibility index (Phi) is 13.2. The maximum Gasteiger partial charge on any atom is 0.573 e. The second-order valence-electron chi connectivity index (χ2n) is 12.5. The van der Waals surface area contributed by atoms with Gasteiger partial charge < -0.3 is 30.0 Å². The number of carboxylic acid groups (broad SMARTS) is 1. The second-order valence-corrected chi connectivity index (χ2v) is 12.5. The summed E-state index contributed by atoms with van der Waals surface area (Å²) in [7, 11) is 0. The molecule has 0 spiro atoms. The van der Waals surface area contributed by atoms with Crippen LogP contribution in [0.1, 0.15) is 42.4 Å². The Bertz CT molecular complexity index is 1550. The lowest BCUT2D eigenvalue weighted by molar-refractivity contribution is -0.274. The molecule has 1 aromatic heterocycles. The fourth-order valence-electron chi connectivity index (χ4n) is 6.72. The molecule has 6 rings (SSSR count). The van der Waals surface area contributed by atoms with Crippen LogP contribution in [0.4, 0.5) is 24.9 Å². The number of aromatic nitrogens is 2. The van der Waals surface area contributed by atoms with Crippen molar-refractivity contribution in [1.29, 1.82) is 0 Å². The van der Waals surface area contributed by atoms with Crippen molar-refractivity contribution in [3.05, 3.63) is 59.2 Å². The Morgan fingerprint density at radius 2 is 1.63 bits per heavy atom. The first-order valence-corrected chi connectivity index (χ1v) is 16.2. The predicted octanol–water partition coefficient (Wildman–Crippen LogP) is 6.18. The second kappa shape index (κ2) is 16.9. The zero-order valence-electron chi connectivity index (χ0n) is 27.0. The molecule has 2 heterocycles. The van der Waals surface area contributed by atoms with Crippen molar-refractivity contribution in [3.63, 3.8) is 0 Å². The van der Waals surface area contributed by atoms with Gasteiger partial charge in [-0.05, 0) is 85.9 Å². The van der Waals surface area contributed by atoms with E-state index in [0.29, 0.717) is 24.9 Å². The third-order valence-corrected chi connectivity index (χ3v) is 9.31. The fraction of sp³-hybridized carbons (Fsp3) is 0.500. The normalized spacial score (nSPS) is 19.1. The number of aryl methyl sites for hydroxylation is 1. The zero-order chi connectivity index (χ0) is 33.0. The van der Waals surface area contributed by atoms with E-state index in [1.54, 1.807) is 12.1 Å². The number of rotatable bonds is 11. The number of carbonyl (C=O) groups is 1. The van der Waals surface area contributed by atoms with E-state index in [4.69, 9.17) is 15.2 Å². The molecule has 15 heteroatoms. The fourth-order valence-corrected chi connectivity index (χ4v) is 6.72. The van der Waals surface area contributed by atoms with E-state index in [9.17, 15) is 23.1 Å². The molecular weight excluding hydrogens is 686 g/mol. The molecule has 2 aliphatic carbocycles. The van der Waals surface area contributed by atoms with E-state index >= 15 is 0 Å². The van der Waals surface area contributed by atoms with E-state index in [1.165, 1.54) is 12.1 Å². The number of benzene rings is 2. The van der Waals surface area contributed by atoms with Crippen molar-refractivity contribution in [2.45, 2.75) is 51.5 Å². The number of alkyl halides is 3. The van der Waals surface area contributed by atoms with Crippen molar-refractivity contribution >= 4 is 42.5 Å². The lowest BCUT2D eigenvalue weighted by atomic mass is 9.82. The Balaban J connectivity index is 0.00000270. The lowest BCUT2D eigenvalue weighted by Crippen LogP contribution is -2.48. The molecule has 3 N–H and O–H groups in total. The number of hydrogen-bond donors (Lipinski definition) is 2. The summed E-state index contributed by atoms with van der Waals surface area (Å²) in [6.45, 7) is 5.86. The molecule has 0 unspecified atom stereocenters. The molecule has 3 aliphatic rings. The van der Waals surface area contributed by atoms with Crippen molar-refractivity contribution in [3.8, 4) is 22.8 Å². The number of anilines is 2. The smallest absolute Gasteiger partial charge is 0.489 e. The summed E-state index contributed by atoms with van der Waals surface area (Å²) in [6, 6.07) is 11.5. The van der Waals surface area contributed by atoms with Crippen LogP contribution in [-0.4, -0.2) is 78.2 Å². The highest BCUT2D eigenvalue weighted by Crippen LogP contribution is 2.39. The molecule has 10 nitrogen and oxygen atoms in total. The van der Waals surface area contributed by atoms with Gasteiger partial charge in [0.2, 0.25) is 5.95 Å². The number of carboxylic acids is 1. The highest BCUT2D eigenvalue weighted by Gasteiger charge is 2.31. The Hall–Kier alpha value is -3.52. The first kappa shape index (κ1) is 38.3. The van der Waals surface area contributed by atoms with E-state index in [0.717, 1.165) is 105 Å². The Labute approximate surface area is 295 Å². The van der Waals surface area contributed by atoms with E-state index < -0.39 is 12.3 Å². The number of hydrogen-bond acceptors (Lipinski definition) is 9. The van der Waals surface area contributed by atoms with E-state index in [2.05, 4.69) is 24.5 Å². The van der Waals surface area contributed by atoms with Crippen molar-refractivity contribution in [2.24, 2.45) is 11.8 Å². The van der Waals surface area contributed by atoms with Crippen LogP contribution in [0.5, 0.6) is 11.5 Å². The zero-order valence-corrected chi connectivity index (χ0v) is 28.6. The first-order chi connectivity index (χ1) is 22.6. The maximum absolute atomic E-state index is 12.4. The van der Waals surface area contributed by atoms with E-state index in [1.807, 2.05) is 18.2 Å². The summed E-state index contributed by atoms with van der Waals surface area (Å²) in [6.07, 6.45) is 0.171. The summed E-state index contributed by atoms with van der Waals surface area (Å²) in [5, 5.41) is 9.19. The predicted molar refractivity (Wildman–Crippen MR) is 184 cm³/mol. The third-order valence-electron chi connectivity index (χ3n) is 9.31. The van der Waals surface area contributed by atoms with Crippen LogP contribution in [0.2, 0.25) is 0 Å². The standard InChI is InChI=1S/C34H40F3N5O5.2ClH/c35-34(36,37)47-26-8-3-23(4-9-26)21-46-27-10-12-28-25(19-27)7-11-29-30(28)39-33(38)40-31(29)42-15-13-41(14-16-42)17-18-45-20-22-1-5-24(6-2-22)32(43)44;;/h3-4,8-10,12,19,22,24H,1-2,5-7,11,13-18,20-21H2,(H,43,44)(H2,38,39,40);2*1H/t22-,24+;;. The van der Waals surface area contributed by atoms with Gasteiger partial charge in [0, 0.05) is 50.5 Å². The average molecular weight is 729 g/mol. The summed E-state index contributed by atoms with van der Waals surface area (Å²) in [5.74, 6) is 1.11.